The highest BCUT2D eigenvalue weighted by Gasteiger charge is 2.40. The Morgan fingerprint density at radius 3 is 2.65 bits per heavy atom. The molecule has 2 aromatic heterocycles. The molecule has 1 saturated carbocycles. The first-order valence-corrected chi connectivity index (χ1v) is 5.91. The van der Waals surface area contributed by atoms with Crippen molar-refractivity contribution in [2.75, 3.05) is 0 Å². The smallest absolute Gasteiger partial charge is 0.252 e. The zero-order valence-electron chi connectivity index (χ0n) is 10.4. The lowest BCUT2D eigenvalue weighted by Crippen LogP contribution is -2.19. The van der Waals surface area contributed by atoms with Gasteiger partial charge in [0, 0.05) is 28.9 Å². The van der Waals surface area contributed by atoms with Gasteiger partial charge in [0.2, 0.25) is 0 Å². The van der Waals surface area contributed by atoms with E-state index in [0.29, 0.717) is 5.78 Å². The quantitative estimate of drug-likeness (QED) is 0.804. The van der Waals surface area contributed by atoms with E-state index in [1.807, 2.05) is 12.4 Å². The van der Waals surface area contributed by atoms with Gasteiger partial charge in [0.15, 0.2) is 5.82 Å². The van der Waals surface area contributed by atoms with Crippen molar-refractivity contribution in [2.45, 2.75) is 44.6 Å². The van der Waals surface area contributed by atoms with Crippen LogP contribution in [-0.2, 0) is 11.0 Å². The van der Waals surface area contributed by atoms with E-state index in [-0.39, 0.29) is 11.0 Å². The van der Waals surface area contributed by atoms with E-state index in [2.05, 4.69) is 35.8 Å². The van der Waals surface area contributed by atoms with Crippen molar-refractivity contribution in [3.8, 4) is 0 Å². The van der Waals surface area contributed by atoms with Crippen molar-refractivity contribution in [3.05, 3.63) is 23.8 Å². The molecular formula is C12H17N5. The monoisotopic (exact) mass is 231 g/mol. The van der Waals surface area contributed by atoms with Gasteiger partial charge in [-0.25, -0.2) is 9.50 Å². The molecule has 0 saturated heterocycles. The van der Waals surface area contributed by atoms with Crippen molar-refractivity contribution >= 4 is 5.78 Å². The Balaban J connectivity index is 2.11. The molecule has 1 aliphatic rings. The summed E-state index contributed by atoms with van der Waals surface area (Å²) in [6, 6.07) is 0. The van der Waals surface area contributed by atoms with Crippen molar-refractivity contribution in [3.63, 3.8) is 0 Å². The predicted octanol–water partition coefficient (Wildman–Crippen LogP) is 1.37. The van der Waals surface area contributed by atoms with Gasteiger partial charge in [0.25, 0.3) is 5.78 Å². The van der Waals surface area contributed by atoms with E-state index in [4.69, 9.17) is 5.73 Å². The van der Waals surface area contributed by atoms with Crippen molar-refractivity contribution < 1.29 is 0 Å². The molecular weight excluding hydrogens is 214 g/mol. The van der Waals surface area contributed by atoms with Crippen LogP contribution in [0.15, 0.2) is 12.4 Å². The molecule has 0 amide bonds. The van der Waals surface area contributed by atoms with Crippen LogP contribution < -0.4 is 5.73 Å². The third kappa shape index (κ3) is 1.70. The normalized spacial score (nSPS) is 18.6. The average Bonchev–Trinajstić information content (AvgIpc) is 2.85. The van der Waals surface area contributed by atoms with Gasteiger partial charge in [-0.15, -0.1) is 5.10 Å². The van der Waals surface area contributed by atoms with E-state index >= 15 is 0 Å². The van der Waals surface area contributed by atoms with E-state index in [9.17, 15) is 0 Å². The largest absolute Gasteiger partial charge is 0.321 e. The molecule has 3 rings (SSSR count). The maximum atomic E-state index is 6.15. The fourth-order valence-corrected chi connectivity index (χ4v) is 1.78. The minimum absolute atomic E-state index is 0.0617. The molecule has 2 heterocycles. The summed E-state index contributed by atoms with van der Waals surface area (Å²) in [5.74, 6) is 1.45. The molecule has 17 heavy (non-hydrogen) atoms. The first kappa shape index (κ1) is 10.7. The van der Waals surface area contributed by atoms with E-state index in [1.165, 1.54) is 0 Å². The summed E-state index contributed by atoms with van der Waals surface area (Å²) in [4.78, 5) is 8.76. The standard InChI is InChI=1S/C12H17N5/c1-11(2,3)9-15-10-14-6-8(7-17(10)16-9)12(13)4-5-12/h6-7H,4-5,13H2,1-3H3. The molecule has 2 N–H and O–H groups in total. The van der Waals surface area contributed by atoms with Gasteiger partial charge in [-0.1, -0.05) is 20.8 Å². The SMILES string of the molecule is CC(C)(C)c1nc2ncc(C3(N)CC3)cn2n1. The van der Waals surface area contributed by atoms with Crippen LogP contribution in [0.2, 0.25) is 0 Å². The van der Waals surface area contributed by atoms with Crippen molar-refractivity contribution in [1.29, 1.82) is 0 Å². The van der Waals surface area contributed by atoms with Crippen molar-refractivity contribution in [1.82, 2.24) is 19.6 Å². The summed E-state index contributed by atoms with van der Waals surface area (Å²) in [6.45, 7) is 6.27. The second kappa shape index (κ2) is 3.04. The average molecular weight is 231 g/mol. The Morgan fingerprint density at radius 2 is 2.06 bits per heavy atom. The van der Waals surface area contributed by atoms with Crippen LogP contribution >= 0.6 is 0 Å². The van der Waals surface area contributed by atoms with Crippen LogP contribution in [0.5, 0.6) is 0 Å². The molecule has 5 nitrogen and oxygen atoms in total. The van der Waals surface area contributed by atoms with Crippen LogP contribution in [0.25, 0.3) is 5.78 Å². The zero-order chi connectivity index (χ0) is 12.3. The highest BCUT2D eigenvalue weighted by Crippen LogP contribution is 2.42. The highest BCUT2D eigenvalue weighted by atomic mass is 15.3. The maximum absolute atomic E-state index is 6.15. The van der Waals surface area contributed by atoms with E-state index < -0.39 is 0 Å². The summed E-state index contributed by atoms with van der Waals surface area (Å²) in [6.07, 6.45) is 5.84. The summed E-state index contributed by atoms with van der Waals surface area (Å²) >= 11 is 0. The second-order valence-corrected chi connectivity index (χ2v) is 5.93. The van der Waals surface area contributed by atoms with Gasteiger partial charge in [-0.05, 0) is 12.8 Å². The third-order valence-corrected chi connectivity index (χ3v) is 3.23. The predicted molar refractivity (Wildman–Crippen MR) is 64.6 cm³/mol. The van der Waals surface area contributed by atoms with E-state index in [0.717, 1.165) is 24.2 Å². The number of hydrogen-bond donors (Lipinski definition) is 1. The van der Waals surface area contributed by atoms with Gasteiger partial charge in [-0.3, -0.25) is 0 Å². The Morgan fingerprint density at radius 1 is 1.35 bits per heavy atom. The first-order valence-electron chi connectivity index (χ1n) is 5.91. The fourth-order valence-electron chi connectivity index (χ4n) is 1.78. The zero-order valence-corrected chi connectivity index (χ0v) is 10.4. The van der Waals surface area contributed by atoms with Gasteiger partial charge >= 0.3 is 0 Å². The first-order chi connectivity index (χ1) is 7.88. The summed E-state index contributed by atoms with van der Waals surface area (Å²) in [5.41, 5.74) is 6.97. The molecule has 0 radical (unpaired) electrons. The molecule has 1 aliphatic carbocycles. The van der Waals surface area contributed by atoms with Gasteiger partial charge in [-0.2, -0.15) is 4.98 Å². The Kier molecular flexibility index (Phi) is 1.91. The van der Waals surface area contributed by atoms with Gasteiger partial charge in [0.1, 0.15) is 0 Å². The minimum Gasteiger partial charge on any atom is -0.321 e. The number of nitrogens with zero attached hydrogens (tertiary/aromatic N) is 4. The highest BCUT2D eigenvalue weighted by molar-refractivity contribution is 5.33. The molecule has 0 bridgehead atoms. The molecule has 0 aromatic carbocycles. The van der Waals surface area contributed by atoms with Crippen LogP contribution in [0, 0.1) is 0 Å². The molecule has 0 spiro atoms. The molecule has 5 heteroatoms. The van der Waals surface area contributed by atoms with Crippen LogP contribution in [0.3, 0.4) is 0 Å². The van der Waals surface area contributed by atoms with E-state index in [1.54, 1.807) is 4.52 Å². The van der Waals surface area contributed by atoms with Gasteiger partial charge < -0.3 is 5.73 Å². The number of hydrogen-bond acceptors (Lipinski definition) is 4. The van der Waals surface area contributed by atoms with Gasteiger partial charge in [0.05, 0.1) is 0 Å². The van der Waals surface area contributed by atoms with Crippen LogP contribution in [0.1, 0.15) is 45.0 Å². The molecule has 0 aliphatic heterocycles. The number of fused-ring (bicyclic) bond motifs is 1. The summed E-state index contributed by atoms with van der Waals surface area (Å²) in [5, 5.41) is 4.47. The topological polar surface area (TPSA) is 69.1 Å². The lowest BCUT2D eigenvalue weighted by Gasteiger charge is -2.11. The Labute approximate surface area is 100 Å². The summed E-state index contributed by atoms with van der Waals surface area (Å²) < 4.78 is 1.74. The molecule has 1 fully saturated rings. The molecule has 0 unspecified atom stereocenters. The van der Waals surface area contributed by atoms with Crippen LogP contribution in [-0.4, -0.2) is 19.6 Å². The molecule has 2 aromatic rings. The third-order valence-electron chi connectivity index (χ3n) is 3.23. The lowest BCUT2D eigenvalue weighted by atomic mass is 9.96. The fraction of sp³-hybridized carbons (Fsp3) is 0.583. The van der Waals surface area contributed by atoms with Crippen molar-refractivity contribution in [2.24, 2.45) is 5.73 Å². The summed E-state index contributed by atoms with van der Waals surface area (Å²) in [7, 11) is 0. The minimum atomic E-state index is -0.172. The lowest BCUT2D eigenvalue weighted by molar-refractivity contribution is 0.545. The maximum Gasteiger partial charge on any atom is 0.252 e. The number of nitrogens with two attached hydrogens (primary N) is 1. The molecule has 0 atom stereocenters. The number of rotatable bonds is 1. The molecule has 90 valence electrons. The van der Waals surface area contributed by atoms with Crippen LogP contribution in [0.4, 0.5) is 0 Å². The Bertz CT molecular complexity index is 571. The number of aromatic nitrogens is 4. The second-order valence-electron chi connectivity index (χ2n) is 5.93. The Hall–Kier alpha value is -1.49.